The molecule has 0 aromatic heterocycles. The lowest BCUT2D eigenvalue weighted by atomic mass is 9.85. The van der Waals surface area contributed by atoms with Crippen LogP contribution in [0.5, 0.6) is 0 Å². The molecule has 1 heteroatoms. The smallest absolute Gasteiger partial charge is 0.127 e. The Hall–Kier alpha value is -1.11. The summed E-state index contributed by atoms with van der Waals surface area (Å²) in [6, 6.07) is 8.47. The Labute approximate surface area is 98.9 Å². The molecule has 0 bridgehead atoms. The van der Waals surface area contributed by atoms with Crippen LogP contribution in [0, 0.1) is 0 Å². The van der Waals surface area contributed by atoms with Crippen molar-refractivity contribution in [2.75, 3.05) is 0 Å². The number of rotatable bonds is 4. The van der Waals surface area contributed by atoms with E-state index in [4.69, 9.17) is 0 Å². The molecule has 1 rings (SSSR count). The highest BCUT2D eigenvalue weighted by Crippen LogP contribution is 2.25. The topological polar surface area (TPSA) is 17.1 Å². The van der Waals surface area contributed by atoms with Gasteiger partial charge in [0.2, 0.25) is 0 Å². The summed E-state index contributed by atoms with van der Waals surface area (Å²) in [6.07, 6.45) is 3.05. The van der Waals surface area contributed by atoms with E-state index in [1.54, 1.807) is 0 Å². The van der Waals surface area contributed by atoms with Crippen molar-refractivity contribution in [3.05, 3.63) is 35.4 Å². The van der Waals surface area contributed by atoms with Gasteiger partial charge in [-0.1, -0.05) is 58.4 Å². The van der Waals surface area contributed by atoms with Crippen LogP contribution < -0.4 is 0 Å². The van der Waals surface area contributed by atoms with Gasteiger partial charge in [0.05, 0.1) is 0 Å². The van der Waals surface area contributed by atoms with Crippen LogP contribution in [0.15, 0.2) is 24.3 Å². The van der Waals surface area contributed by atoms with Crippen molar-refractivity contribution in [2.24, 2.45) is 0 Å². The third kappa shape index (κ3) is 3.19. The van der Waals surface area contributed by atoms with E-state index in [1.165, 1.54) is 5.56 Å². The predicted octanol–water partition coefficient (Wildman–Crippen LogP) is 4.07. The van der Waals surface area contributed by atoms with Gasteiger partial charge >= 0.3 is 0 Å². The molecule has 0 aliphatic heterocycles. The SMILES string of the molecule is CCCC(C=O)c1ccc(C(C)(C)C)cc1. The van der Waals surface area contributed by atoms with Crippen molar-refractivity contribution in [1.82, 2.24) is 0 Å². The summed E-state index contributed by atoms with van der Waals surface area (Å²) in [4.78, 5) is 11.0. The van der Waals surface area contributed by atoms with E-state index in [0.29, 0.717) is 0 Å². The molecule has 0 heterocycles. The van der Waals surface area contributed by atoms with Crippen LogP contribution in [0.1, 0.15) is 57.6 Å². The largest absolute Gasteiger partial charge is 0.303 e. The first kappa shape index (κ1) is 13.0. The zero-order chi connectivity index (χ0) is 12.2. The van der Waals surface area contributed by atoms with Gasteiger partial charge < -0.3 is 4.79 Å². The van der Waals surface area contributed by atoms with Crippen molar-refractivity contribution in [3.63, 3.8) is 0 Å². The number of benzene rings is 1. The van der Waals surface area contributed by atoms with Gasteiger partial charge in [0.25, 0.3) is 0 Å². The normalized spacial score (nSPS) is 13.5. The number of hydrogen-bond acceptors (Lipinski definition) is 1. The first-order chi connectivity index (χ1) is 7.49. The standard InChI is InChI=1S/C15H22O/c1-5-6-13(11-16)12-7-9-14(10-8-12)15(2,3)4/h7-11,13H,5-6H2,1-4H3. The van der Waals surface area contributed by atoms with E-state index in [-0.39, 0.29) is 11.3 Å². The summed E-state index contributed by atoms with van der Waals surface area (Å²) in [6.45, 7) is 8.71. The number of carbonyl (C=O) groups excluding carboxylic acids is 1. The van der Waals surface area contributed by atoms with Gasteiger partial charge in [-0.15, -0.1) is 0 Å². The predicted molar refractivity (Wildman–Crippen MR) is 68.9 cm³/mol. The van der Waals surface area contributed by atoms with Crippen molar-refractivity contribution in [3.8, 4) is 0 Å². The van der Waals surface area contributed by atoms with Crippen LogP contribution in [0.25, 0.3) is 0 Å². The molecule has 0 spiro atoms. The van der Waals surface area contributed by atoms with Crippen molar-refractivity contribution in [2.45, 2.75) is 51.9 Å². The van der Waals surface area contributed by atoms with Gasteiger partial charge in [-0.3, -0.25) is 0 Å². The van der Waals surface area contributed by atoms with Gasteiger partial charge in [-0.05, 0) is 23.0 Å². The van der Waals surface area contributed by atoms with E-state index >= 15 is 0 Å². The molecule has 1 unspecified atom stereocenters. The summed E-state index contributed by atoms with van der Waals surface area (Å²) >= 11 is 0. The molecule has 16 heavy (non-hydrogen) atoms. The average molecular weight is 218 g/mol. The Morgan fingerprint density at radius 1 is 1.19 bits per heavy atom. The average Bonchev–Trinajstić information content (AvgIpc) is 2.25. The lowest BCUT2D eigenvalue weighted by Crippen LogP contribution is -2.11. The van der Waals surface area contributed by atoms with E-state index < -0.39 is 0 Å². The van der Waals surface area contributed by atoms with Gasteiger partial charge in [0.15, 0.2) is 0 Å². The second-order valence-electron chi connectivity index (χ2n) is 5.40. The van der Waals surface area contributed by atoms with Gasteiger partial charge in [0.1, 0.15) is 6.29 Å². The minimum Gasteiger partial charge on any atom is -0.303 e. The van der Waals surface area contributed by atoms with Gasteiger partial charge in [-0.2, -0.15) is 0 Å². The maximum absolute atomic E-state index is 11.0. The van der Waals surface area contributed by atoms with Crippen LogP contribution in [0.4, 0.5) is 0 Å². The Morgan fingerprint density at radius 3 is 2.12 bits per heavy atom. The highest BCUT2D eigenvalue weighted by molar-refractivity contribution is 5.62. The van der Waals surface area contributed by atoms with Crippen molar-refractivity contribution >= 4 is 6.29 Å². The quantitative estimate of drug-likeness (QED) is 0.696. The number of aldehydes is 1. The molecule has 0 radical (unpaired) electrons. The van der Waals surface area contributed by atoms with Crippen LogP contribution in [-0.4, -0.2) is 6.29 Å². The Balaban J connectivity index is 2.89. The molecule has 0 N–H and O–H groups in total. The van der Waals surface area contributed by atoms with Crippen LogP contribution in [0.3, 0.4) is 0 Å². The summed E-state index contributed by atoms with van der Waals surface area (Å²) in [5, 5.41) is 0. The molecule has 0 saturated carbocycles. The molecular formula is C15H22O. The Kier molecular flexibility index (Phi) is 4.28. The zero-order valence-corrected chi connectivity index (χ0v) is 10.8. The maximum atomic E-state index is 11.0. The highest BCUT2D eigenvalue weighted by atomic mass is 16.1. The van der Waals surface area contributed by atoms with Crippen molar-refractivity contribution < 1.29 is 4.79 Å². The fourth-order valence-corrected chi connectivity index (χ4v) is 1.85. The summed E-state index contributed by atoms with van der Waals surface area (Å²) in [5.74, 6) is 0.0685. The van der Waals surface area contributed by atoms with Gasteiger partial charge in [-0.25, -0.2) is 0 Å². The molecule has 88 valence electrons. The Bertz CT molecular complexity index is 329. The van der Waals surface area contributed by atoms with Crippen LogP contribution in [-0.2, 0) is 10.2 Å². The van der Waals surface area contributed by atoms with Gasteiger partial charge in [0, 0.05) is 5.92 Å². The zero-order valence-electron chi connectivity index (χ0n) is 10.8. The van der Waals surface area contributed by atoms with Crippen LogP contribution in [0.2, 0.25) is 0 Å². The third-order valence-electron chi connectivity index (χ3n) is 2.97. The van der Waals surface area contributed by atoms with Crippen LogP contribution >= 0.6 is 0 Å². The molecular weight excluding hydrogens is 196 g/mol. The third-order valence-corrected chi connectivity index (χ3v) is 2.97. The fraction of sp³-hybridized carbons (Fsp3) is 0.533. The van der Waals surface area contributed by atoms with E-state index in [9.17, 15) is 4.79 Å². The minimum absolute atomic E-state index is 0.0685. The lowest BCUT2D eigenvalue weighted by molar-refractivity contribution is -0.109. The van der Waals surface area contributed by atoms with E-state index in [2.05, 4.69) is 52.0 Å². The number of hydrogen-bond donors (Lipinski definition) is 0. The minimum atomic E-state index is 0.0685. The highest BCUT2D eigenvalue weighted by Gasteiger charge is 2.14. The second-order valence-corrected chi connectivity index (χ2v) is 5.40. The van der Waals surface area contributed by atoms with Crippen molar-refractivity contribution in [1.29, 1.82) is 0 Å². The van der Waals surface area contributed by atoms with E-state index in [1.807, 2.05) is 0 Å². The molecule has 1 nitrogen and oxygen atoms in total. The molecule has 0 amide bonds. The fourth-order valence-electron chi connectivity index (χ4n) is 1.85. The summed E-state index contributed by atoms with van der Waals surface area (Å²) < 4.78 is 0. The number of carbonyl (C=O) groups is 1. The molecule has 0 aliphatic rings. The lowest BCUT2D eigenvalue weighted by Gasteiger charge is -2.20. The monoisotopic (exact) mass is 218 g/mol. The second kappa shape index (κ2) is 5.29. The molecule has 1 atom stereocenters. The molecule has 1 aromatic carbocycles. The maximum Gasteiger partial charge on any atom is 0.127 e. The Morgan fingerprint density at radius 2 is 1.75 bits per heavy atom. The van der Waals surface area contributed by atoms with E-state index in [0.717, 1.165) is 24.7 Å². The molecule has 1 aromatic rings. The summed E-state index contributed by atoms with van der Waals surface area (Å²) in [7, 11) is 0. The first-order valence-corrected chi connectivity index (χ1v) is 6.04. The molecule has 0 saturated heterocycles. The summed E-state index contributed by atoms with van der Waals surface area (Å²) in [5.41, 5.74) is 2.64. The first-order valence-electron chi connectivity index (χ1n) is 6.04. The molecule has 0 aliphatic carbocycles. The molecule has 0 fully saturated rings.